The molecule has 0 radical (unpaired) electrons. The molecule has 1 saturated heterocycles. The van der Waals surface area contributed by atoms with E-state index in [1.165, 1.54) is 11.3 Å². The Labute approximate surface area is 99.2 Å². The van der Waals surface area contributed by atoms with Gasteiger partial charge in [-0.15, -0.1) is 11.3 Å². The Morgan fingerprint density at radius 1 is 1.69 bits per heavy atom. The lowest BCUT2D eigenvalue weighted by atomic mass is 10.2. The van der Waals surface area contributed by atoms with E-state index in [0.29, 0.717) is 6.04 Å². The van der Waals surface area contributed by atoms with E-state index in [-0.39, 0.29) is 5.91 Å². The summed E-state index contributed by atoms with van der Waals surface area (Å²) in [4.78, 5) is 14.7. The molecule has 1 unspecified atom stereocenters. The Morgan fingerprint density at radius 2 is 2.50 bits per heavy atom. The van der Waals surface area contributed by atoms with Crippen molar-refractivity contribution in [3.8, 4) is 5.75 Å². The first kappa shape index (κ1) is 11.4. The average molecular weight is 240 g/mol. The largest absolute Gasteiger partial charge is 0.496 e. The van der Waals surface area contributed by atoms with E-state index >= 15 is 0 Å². The van der Waals surface area contributed by atoms with Crippen LogP contribution < -0.4 is 10.1 Å². The van der Waals surface area contributed by atoms with E-state index in [2.05, 4.69) is 5.32 Å². The third-order valence-corrected chi connectivity index (χ3v) is 3.82. The van der Waals surface area contributed by atoms with Crippen LogP contribution in [0.3, 0.4) is 0 Å². The molecule has 1 aliphatic heterocycles. The Balaban J connectivity index is 2.05. The second kappa shape index (κ2) is 4.84. The molecule has 5 heteroatoms. The third-order valence-electron chi connectivity index (χ3n) is 2.92. The molecule has 0 saturated carbocycles. The summed E-state index contributed by atoms with van der Waals surface area (Å²) in [6.45, 7) is 1.89. The van der Waals surface area contributed by atoms with Gasteiger partial charge in [-0.25, -0.2) is 0 Å². The lowest BCUT2D eigenvalue weighted by Crippen LogP contribution is -2.37. The Kier molecular flexibility index (Phi) is 3.46. The molecule has 0 aliphatic carbocycles. The van der Waals surface area contributed by atoms with Crippen molar-refractivity contribution in [1.82, 2.24) is 10.2 Å². The fraction of sp³-hybridized carbons (Fsp3) is 0.545. The van der Waals surface area contributed by atoms with E-state index in [0.717, 1.165) is 30.1 Å². The summed E-state index contributed by atoms with van der Waals surface area (Å²) in [6.07, 6.45) is 1.03. The molecule has 88 valence electrons. The van der Waals surface area contributed by atoms with Crippen molar-refractivity contribution in [2.24, 2.45) is 0 Å². The Morgan fingerprint density at radius 3 is 3.06 bits per heavy atom. The molecular weight excluding hydrogens is 224 g/mol. The van der Waals surface area contributed by atoms with Crippen LogP contribution in [0.4, 0.5) is 0 Å². The van der Waals surface area contributed by atoms with Gasteiger partial charge in [-0.2, -0.15) is 0 Å². The van der Waals surface area contributed by atoms with Gasteiger partial charge in [0.2, 0.25) is 0 Å². The third kappa shape index (κ3) is 2.20. The van der Waals surface area contributed by atoms with Gasteiger partial charge < -0.3 is 15.0 Å². The van der Waals surface area contributed by atoms with Crippen molar-refractivity contribution >= 4 is 17.2 Å². The number of likely N-dealkylation sites (N-methyl/N-ethyl adjacent to an activating group) is 1. The summed E-state index contributed by atoms with van der Waals surface area (Å²) in [7, 11) is 3.48. The predicted octanol–water partition coefficient (Wildman–Crippen LogP) is 1.19. The number of amides is 1. The van der Waals surface area contributed by atoms with Gasteiger partial charge in [0.05, 0.1) is 12.0 Å². The topological polar surface area (TPSA) is 41.6 Å². The number of rotatable bonds is 3. The fourth-order valence-corrected chi connectivity index (χ4v) is 2.68. The number of hydrogen-bond donors (Lipinski definition) is 1. The van der Waals surface area contributed by atoms with Crippen molar-refractivity contribution in [2.75, 3.05) is 27.2 Å². The summed E-state index contributed by atoms with van der Waals surface area (Å²) in [5.41, 5.74) is 0. The molecule has 4 nitrogen and oxygen atoms in total. The van der Waals surface area contributed by atoms with Gasteiger partial charge in [0.15, 0.2) is 0 Å². The van der Waals surface area contributed by atoms with Crippen molar-refractivity contribution in [1.29, 1.82) is 0 Å². The van der Waals surface area contributed by atoms with Crippen LogP contribution in [-0.4, -0.2) is 44.1 Å². The molecule has 1 N–H and O–H groups in total. The normalized spacial score (nSPS) is 19.8. The molecular formula is C11H16N2O2S. The lowest BCUT2D eigenvalue weighted by molar-refractivity contribution is 0.0748. The van der Waals surface area contributed by atoms with E-state index in [1.54, 1.807) is 13.2 Å². The van der Waals surface area contributed by atoms with Crippen LogP contribution in [0.25, 0.3) is 0 Å². The molecule has 1 aliphatic rings. The van der Waals surface area contributed by atoms with Crippen LogP contribution in [0.5, 0.6) is 5.75 Å². The van der Waals surface area contributed by atoms with Gasteiger partial charge >= 0.3 is 0 Å². The molecule has 0 aromatic carbocycles. The second-order valence-corrected chi connectivity index (χ2v) is 4.82. The highest BCUT2D eigenvalue weighted by atomic mass is 32.1. The molecule has 1 aromatic rings. The second-order valence-electron chi connectivity index (χ2n) is 3.91. The highest BCUT2D eigenvalue weighted by Crippen LogP contribution is 2.23. The van der Waals surface area contributed by atoms with E-state index < -0.39 is 0 Å². The smallest absolute Gasteiger partial charge is 0.264 e. The molecule has 2 rings (SSSR count). The lowest BCUT2D eigenvalue weighted by Gasteiger charge is -2.22. The first-order chi connectivity index (χ1) is 7.72. The SMILES string of the molecule is COc1csc(C(=O)N(C)C2CCNC2)c1. The number of carbonyl (C=O) groups is 1. The van der Waals surface area contributed by atoms with Crippen LogP contribution in [0, 0.1) is 0 Å². The monoisotopic (exact) mass is 240 g/mol. The minimum Gasteiger partial charge on any atom is -0.496 e. The minimum atomic E-state index is 0.0852. The minimum absolute atomic E-state index is 0.0852. The fourth-order valence-electron chi connectivity index (χ4n) is 1.85. The van der Waals surface area contributed by atoms with Crippen LogP contribution in [0.2, 0.25) is 0 Å². The maximum atomic E-state index is 12.1. The maximum Gasteiger partial charge on any atom is 0.264 e. The maximum absolute atomic E-state index is 12.1. The molecule has 16 heavy (non-hydrogen) atoms. The van der Waals surface area contributed by atoms with E-state index in [1.807, 2.05) is 17.3 Å². The zero-order valence-electron chi connectivity index (χ0n) is 9.53. The van der Waals surface area contributed by atoms with Crippen LogP contribution >= 0.6 is 11.3 Å². The van der Waals surface area contributed by atoms with Gasteiger partial charge in [-0.3, -0.25) is 4.79 Å². The number of nitrogens with zero attached hydrogens (tertiary/aromatic N) is 1. The van der Waals surface area contributed by atoms with E-state index in [4.69, 9.17) is 4.74 Å². The van der Waals surface area contributed by atoms with E-state index in [9.17, 15) is 4.79 Å². The van der Waals surface area contributed by atoms with Gasteiger partial charge in [0.1, 0.15) is 5.75 Å². The molecule has 1 aromatic heterocycles. The summed E-state index contributed by atoms with van der Waals surface area (Å²) in [5.74, 6) is 0.841. The molecule has 1 fully saturated rings. The first-order valence-electron chi connectivity index (χ1n) is 5.32. The number of nitrogens with one attached hydrogen (secondary N) is 1. The standard InChI is InChI=1S/C11H16N2O2S/c1-13(8-3-4-12-6-8)11(14)10-5-9(15-2)7-16-10/h5,7-8,12H,3-4,6H2,1-2H3. The van der Waals surface area contributed by atoms with Crippen molar-refractivity contribution < 1.29 is 9.53 Å². The Bertz CT molecular complexity index is 372. The number of thiophene rings is 1. The highest BCUT2D eigenvalue weighted by molar-refractivity contribution is 7.12. The molecule has 0 spiro atoms. The summed E-state index contributed by atoms with van der Waals surface area (Å²) in [5, 5.41) is 5.12. The van der Waals surface area contributed by atoms with Gasteiger partial charge in [-0.05, 0) is 13.0 Å². The Hall–Kier alpha value is -1.07. The number of carbonyl (C=O) groups excluding carboxylic acids is 1. The van der Waals surface area contributed by atoms with Crippen LogP contribution in [-0.2, 0) is 0 Å². The highest BCUT2D eigenvalue weighted by Gasteiger charge is 2.24. The van der Waals surface area contributed by atoms with Gasteiger partial charge in [0.25, 0.3) is 5.91 Å². The van der Waals surface area contributed by atoms with Crippen molar-refractivity contribution in [3.63, 3.8) is 0 Å². The van der Waals surface area contributed by atoms with Crippen molar-refractivity contribution in [3.05, 3.63) is 16.3 Å². The number of ether oxygens (including phenoxy) is 1. The molecule has 0 bridgehead atoms. The van der Waals surface area contributed by atoms with Crippen LogP contribution in [0.15, 0.2) is 11.4 Å². The number of methoxy groups -OCH3 is 1. The van der Waals surface area contributed by atoms with Crippen molar-refractivity contribution in [2.45, 2.75) is 12.5 Å². The first-order valence-corrected chi connectivity index (χ1v) is 6.20. The molecule has 2 heterocycles. The quantitative estimate of drug-likeness (QED) is 0.863. The average Bonchev–Trinajstić information content (AvgIpc) is 2.97. The summed E-state index contributed by atoms with van der Waals surface area (Å²) in [6, 6.07) is 2.12. The van der Waals surface area contributed by atoms with Gasteiger partial charge in [-0.1, -0.05) is 0 Å². The summed E-state index contributed by atoms with van der Waals surface area (Å²) >= 11 is 1.43. The van der Waals surface area contributed by atoms with Gasteiger partial charge in [0, 0.05) is 31.1 Å². The zero-order chi connectivity index (χ0) is 11.5. The molecule has 1 atom stereocenters. The summed E-state index contributed by atoms with van der Waals surface area (Å²) < 4.78 is 5.08. The zero-order valence-corrected chi connectivity index (χ0v) is 10.3. The number of hydrogen-bond acceptors (Lipinski definition) is 4. The molecule has 1 amide bonds. The van der Waals surface area contributed by atoms with Crippen LogP contribution in [0.1, 0.15) is 16.1 Å². The predicted molar refractivity (Wildman–Crippen MR) is 64.2 cm³/mol.